The molecule has 0 saturated carbocycles. The number of ether oxygens (including phenoxy) is 1. The van der Waals surface area contributed by atoms with Gasteiger partial charge in [0.05, 0.1) is 19.3 Å². The molecule has 0 unspecified atom stereocenters. The number of rotatable bonds is 9. The molecule has 0 aliphatic rings. The minimum atomic E-state index is -0.813. The van der Waals surface area contributed by atoms with Crippen molar-refractivity contribution in [3.05, 3.63) is 71.8 Å². The molecule has 5 nitrogen and oxygen atoms in total. The molecule has 24 heavy (non-hydrogen) atoms. The predicted octanol–water partition coefficient (Wildman–Crippen LogP) is 1.46. The van der Waals surface area contributed by atoms with Crippen molar-refractivity contribution < 1.29 is 14.3 Å². The molecule has 0 aromatic heterocycles. The SMILES string of the molecule is N[C@H](COCc1ccccc1)C(=O)N[C@H](C=O)Cc1ccccc1. The van der Waals surface area contributed by atoms with Crippen LogP contribution in [0.5, 0.6) is 0 Å². The quantitative estimate of drug-likeness (QED) is 0.684. The molecule has 2 rings (SSSR count). The third-order valence-electron chi connectivity index (χ3n) is 3.54. The minimum absolute atomic E-state index is 0.0949. The lowest BCUT2D eigenvalue weighted by atomic mass is 10.1. The van der Waals surface area contributed by atoms with E-state index in [0.29, 0.717) is 13.0 Å². The zero-order chi connectivity index (χ0) is 17.2. The highest BCUT2D eigenvalue weighted by atomic mass is 16.5. The van der Waals surface area contributed by atoms with Crippen molar-refractivity contribution in [2.24, 2.45) is 5.73 Å². The zero-order valence-electron chi connectivity index (χ0n) is 13.4. The van der Waals surface area contributed by atoms with Gasteiger partial charge in [0.1, 0.15) is 12.3 Å². The lowest BCUT2D eigenvalue weighted by Gasteiger charge is -2.17. The molecule has 5 heteroatoms. The summed E-state index contributed by atoms with van der Waals surface area (Å²) in [5, 5.41) is 2.65. The van der Waals surface area contributed by atoms with Gasteiger partial charge in [-0.3, -0.25) is 4.79 Å². The van der Waals surface area contributed by atoms with Crippen LogP contribution in [0.3, 0.4) is 0 Å². The van der Waals surface area contributed by atoms with Gasteiger partial charge in [0, 0.05) is 0 Å². The lowest BCUT2D eigenvalue weighted by molar-refractivity contribution is -0.126. The van der Waals surface area contributed by atoms with E-state index >= 15 is 0 Å². The van der Waals surface area contributed by atoms with Gasteiger partial charge in [0.2, 0.25) is 5.91 Å². The van der Waals surface area contributed by atoms with E-state index < -0.39 is 18.0 Å². The van der Waals surface area contributed by atoms with Crippen LogP contribution in [0.25, 0.3) is 0 Å². The molecule has 0 fully saturated rings. The highest BCUT2D eigenvalue weighted by Gasteiger charge is 2.18. The van der Waals surface area contributed by atoms with Crippen LogP contribution in [0.15, 0.2) is 60.7 Å². The Kier molecular flexibility index (Phi) is 7.14. The first kappa shape index (κ1) is 17.8. The van der Waals surface area contributed by atoms with Gasteiger partial charge in [-0.1, -0.05) is 60.7 Å². The van der Waals surface area contributed by atoms with E-state index in [1.54, 1.807) is 0 Å². The first-order valence-electron chi connectivity index (χ1n) is 7.86. The molecule has 1 amide bonds. The van der Waals surface area contributed by atoms with Crippen LogP contribution < -0.4 is 11.1 Å². The van der Waals surface area contributed by atoms with Gasteiger partial charge in [-0.05, 0) is 17.5 Å². The normalized spacial score (nSPS) is 13.0. The Balaban J connectivity index is 1.76. The Hall–Kier alpha value is -2.50. The maximum atomic E-state index is 12.1. The topological polar surface area (TPSA) is 81.4 Å². The summed E-state index contributed by atoms with van der Waals surface area (Å²) < 4.78 is 5.46. The largest absolute Gasteiger partial charge is 0.375 e. The molecule has 0 heterocycles. The second-order valence-electron chi connectivity index (χ2n) is 5.55. The molecule has 0 bridgehead atoms. The van der Waals surface area contributed by atoms with Crippen molar-refractivity contribution >= 4 is 12.2 Å². The lowest BCUT2D eigenvalue weighted by Crippen LogP contribution is -2.48. The molecule has 0 spiro atoms. The maximum absolute atomic E-state index is 12.1. The second-order valence-corrected chi connectivity index (χ2v) is 5.55. The molecule has 3 N–H and O–H groups in total. The molecule has 0 aliphatic heterocycles. The van der Waals surface area contributed by atoms with Crippen LogP contribution >= 0.6 is 0 Å². The van der Waals surface area contributed by atoms with Gasteiger partial charge in [-0.25, -0.2) is 0 Å². The molecule has 2 atom stereocenters. The van der Waals surface area contributed by atoms with E-state index in [4.69, 9.17) is 10.5 Å². The number of benzene rings is 2. The Morgan fingerprint density at radius 1 is 1.04 bits per heavy atom. The predicted molar refractivity (Wildman–Crippen MR) is 92.2 cm³/mol. The van der Waals surface area contributed by atoms with E-state index in [9.17, 15) is 9.59 Å². The average Bonchev–Trinajstić information content (AvgIpc) is 2.62. The standard InChI is InChI=1S/C19H22N2O3/c20-18(14-24-13-16-9-5-2-6-10-16)19(23)21-17(12-22)11-15-7-3-1-4-8-15/h1-10,12,17-18H,11,13-14,20H2,(H,21,23)/t17-,18+/m0/s1. The summed E-state index contributed by atoms with van der Waals surface area (Å²) in [6, 6.07) is 17.7. The summed E-state index contributed by atoms with van der Waals surface area (Å²) in [5.41, 5.74) is 7.81. The van der Waals surface area contributed by atoms with Gasteiger partial charge in [0.15, 0.2) is 0 Å². The highest BCUT2D eigenvalue weighted by Crippen LogP contribution is 2.03. The van der Waals surface area contributed by atoms with E-state index in [1.165, 1.54) is 0 Å². The molecular formula is C19H22N2O3. The second kappa shape index (κ2) is 9.60. The summed E-state index contributed by atoms with van der Waals surface area (Å²) >= 11 is 0. The van der Waals surface area contributed by atoms with Crippen LogP contribution in [-0.4, -0.2) is 30.9 Å². The fraction of sp³-hybridized carbons (Fsp3) is 0.263. The van der Waals surface area contributed by atoms with Crippen molar-refractivity contribution in [3.8, 4) is 0 Å². The number of hydrogen-bond donors (Lipinski definition) is 2. The van der Waals surface area contributed by atoms with Gasteiger partial charge in [-0.15, -0.1) is 0 Å². The summed E-state index contributed by atoms with van der Waals surface area (Å²) in [7, 11) is 0. The third-order valence-corrected chi connectivity index (χ3v) is 3.54. The number of hydrogen-bond acceptors (Lipinski definition) is 4. The number of nitrogens with one attached hydrogen (secondary N) is 1. The maximum Gasteiger partial charge on any atom is 0.239 e. The van der Waals surface area contributed by atoms with Crippen molar-refractivity contribution in [3.63, 3.8) is 0 Å². The van der Waals surface area contributed by atoms with Crippen molar-refractivity contribution in [1.82, 2.24) is 5.32 Å². The van der Waals surface area contributed by atoms with Crippen LogP contribution in [0.4, 0.5) is 0 Å². The molecular weight excluding hydrogens is 304 g/mol. The molecule has 0 aliphatic carbocycles. The Bertz CT molecular complexity index is 632. The van der Waals surface area contributed by atoms with Gasteiger partial charge >= 0.3 is 0 Å². The number of nitrogens with two attached hydrogens (primary N) is 1. The average molecular weight is 326 g/mol. The zero-order valence-corrected chi connectivity index (χ0v) is 13.4. The molecule has 0 radical (unpaired) electrons. The number of carbonyl (C=O) groups is 2. The number of aldehydes is 1. The Morgan fingerprint density at radius 3 is 2.21 bits per heavy atom. The van der Waals surface area contributed by atoms with E-state index in [1.807, 2.05) is 60.7 Å². The highest BCUT2D eigenvalue weighted by molar-refractivity contribution is 5.84. The van der Waals surface area contributed by atoms with Crippen LogP contribution in [-0.2, 0) is 27.4 Å². The van der Waals surface area contributed by atoms with E-state index in [0.717, 1.165) is 17.4 Å². The van der Waals surface area contributed by atoms with Crippen molar-refractivity contribution in [1.29, 1.82) is 0 Å². The fourth-order valence-electron chi connectivity index (χ4n) is 2.24. The number of amides is 1. The summed E-state index contributed by atoms with van der Waals surface area (Å²) in [6.07, 6.45) is 1.16. The minimum Gasteiger partial charge on any atom is -0.375 e. The smallest absolute Gasteiger partial charge is 0.239 e. The monoisotopic (exact) mass is 326 g/mol. The van der Waals surface area contributed by atoms with Crippen LogP contribution in [0.2, 0.25) is 0 Å². The third kappa shape index (κ3) is 5.95. The first-order chi connectivity index (χ1) is 11.7. The van der Waals surface area contributed by atoms with Crippen LogP contribution in [0.1, 0.15) is 11.1 Å². The van der Waals surface area contributed by atoms with E-state index in [2.05, 4.69) is 5.32 Å². The van der Waals surface area contributed by atoms with Gasteiger partial charge in [-0.2, -0.15) is 0 Å². The molecule has 2 aromatic carbocycles. The van der Waals surface area contributed by atoms with Gasteiger partial charge in [0.25, 0.3) is 0 Å². The summed E-state index contributed by atoms with van der Waals surface area (Å²) in [6.45, 7) is 0.487. The Morgan fingerprint density at radius 2 is 1.62 bits per heavy atom. The molecule has 0 saturated heterocycles. The van der Waals surface area contributed by atoms with Crippen LogP contribution in [0, 0.1) is 0 Å². The summed E-state index contributed by atoms with van der Waals surface area (Å²) in [4.78, 5) is 23.2. The molecule has 2 aromatic rings. The first-order valence-corrected chi connectivity index (χ1v) is 7.86. The fourth-order valence-corrected chi connectivity index (χ4v) is 2.24. The van der Waals surface area contributed by atoms with Crippen molar-refractivity contribution in [2.45, 2.75) is 25.1 Å². The van der Waals surface area contributed by atoms with Crippen molar-refractivity contribution in [2.75, 3.05) is 6.61 Å². The van der Waals surface area contributed by atoms with E-state index in [-0.39, 0.29) is 6.61 Å². The van der Waals surface area contributed by atoms with Gasteiger partial charge < -0.3 is 20.6 Å². The number of carbonyl (C=O) groups excluding carboxylic acids is 2. The Labute approximate surface area is 141 Å². The molecule has 126 valence electrons. The summed E-state index contributed by atoms with van der Waals surface area (Å²) in [5.74, 6) is -0.393.